The molecule has 4 nitrogen and oxygen atoms in total. The number of aliphatic hydroxyl groups is 1. The van der Waals surface area contributed by atoms with Crippen molar-refractivity contribution < 1.29 is 9.90 Å². The third-order valence-corrected chi connectivity index (χ3v) is 5.50. The summed E-state index contributed by atoms with van der Waals surface area (Å²) >= 11 is 0. The number of amides is 1. The van der Waals surface area contributed by atoms with Crippen molar-refractivity contribution in [2.24, 2.45) is 17.8 Å². The van der Waals surface area contributed by atoms with Crippen molar-refractivity contribution >= 4 is 11.6 Å². The molecule has 0 bridgehead atoms. The molecule has 1 amide bonds. The van der Waals surface area contributed by atoms with E-state index in [0.717, 1.165) is 44.6 Å². The number of fused-ring (bicyclic) bond motifs is 2. The molecule has 2 fully saturated rings. The van der Waals surface area contributed by atoms with Crippen LogP contribution in [0.3, 0.4) is 0 Å². The molecule has 1 aliphatic carbocycles. The minimum atomic E-state index is -0.196. The zero-order valence-corrected chi connectivity index (χ0v) is 12.2. The second-order valence-corrected chi connectivity index (χ2v) is 6.75. The molecule has 4 unspecified atom stereocenters. The Kier molecular flexibility index (Phi) is 3.14. The van der Waals surface area contributed by atoms with E-state index in [2.05, 4.69) is 17.4 Å². The minimum Gasteiger partial charge on any atom is -0.393 e. The molecule has 1 saturated carbocycles. The van der Waals surface area contributed by atoms with Gasteiger partial charge in [0.2, 0.25) is 5.91 Å². The maximum Gasteiger partial charge on any atom is 0.227 e. The summed E-state index contributed by atoms with van der Waals surface area (Å²) in [5.74, 6) is 1.14. The van der Waals surface area contributed by atoms with Crippen LogP contribution in [-0.4, -0.2) is 41.7 Å². The number of anilines is 1. The first kappa shape index (κ1) is 13.1. The molecule has 2 heterocycles. The Bertz CT molecular complexity index is 559. The fraction of sp³-hybridized carbons (Fsp3) is 0.588. The van der Waals surface area contributed by atoms with Gasteiger partial charge in [-0.3, -0.25) is 4.79 Å². The Balaban J connectivity index is 1.45. The zero-order valence-electron chi connectivity index (χ0n) is 12.2. The summed E-state index contributed by atoms with van der Waals surface area (Å²) in [4.78, 5) is 14.8. The summed E-state index contributed by atoms with van der Waals surface area (Å²) < 4.78 is 0. The number of nitrogens with one attached hydrogen (secondary N) is 1. The summed E-state index contributed by atoms with van der Waals surface area (Å²) in [7, 11) is 0. The van der Waals surface area contributed by atoms with E-state index in [1.807, 2.05) is 17.0 Å². The average Bonchev–Trinajstić information content (AvgIpc) is 3.08. The van der Waals surface area contributed by atoms with E-state index in [9.17, 15) is 9.90 Å². The molecule has 1 aromatic rings. The van der Waals surface area contributed by atoms with Crippen LogP contribution in [0.5, 0.6) is 0 Å². The second kappa shape index (κ2) is 5.02. The van der Waals surface area contributed by atoms with Crippen LogP contribution in [0.1, 0.15) is 18.4 Å². The van der Waals surface area contributed by atoms with Crippen molar-refractivity contribution in [1.82, 2.24) is 4.90 Å². The lowest BCUT2D eigenvalue weighted by Crippen LogP contribution is -2.41. The molecule has 1 aromatic carbocycles. The number of hydrogen-bond acceptors (Lipinski definition) is 3. The Labute approximate surface area is 125 Å². The summed E-state index contributed by atoms with van der Waals surface area (Å²) in [5, 5.41) is 13.4. The summed E-state index contributed by atoms with van der Waals surface area (Å²) in [6.45, 7) is 2.33. The Morgan fingerprint density at radius 2 is 2.10 bits per heavy atom. The number of nitrogens with zero attached hydrogens (tertiary/aromatic N) is 1. The summed E-state index contributed by atoms with van der Waals surface area (Å²) in [6.07, 6.45) is 2.62. The van der Waals surface area contributed by atoms with Crippen LogP contribution in [0.4, 0.5) is 5.69 Å². The number of benzene rings is 1. The van der Waals surface area contributed by atoms with Crippen molar-refractivity contribution in [3.63, 3.8) is 0 Å². The van der Waals surface area contributed by atoms with Crippen LogP contribution in [-0.2, 0) is 11.2 Å². The lowest BCUT2D eigenvalue weighted by molar-refractivity contribution is -0.134. The third-order valence-electron chi connectivity index (χ3n) is 5.50. The number of para-hydroxylation sites is 1. The predicted octanol–water partition coefficient (Wildman–Crippen LogP) is 1.50. The van der Waals surface area contributed by atoms with Gasteiger partial charge in [0.1, 0.15) is 0 Å². The Morgan fingerprint density at radius 1 is 1.24 bits per heavy atom. The highest BCUT2D eigenvalue weighted by atomic mass is 16.3. The predicted molar refractivity (Wildman–Crippen MR) is 80.9 cm³/mol. The molecule has 0 spiro atoms. The third kappa shape index (κ3) is 2.22. The van der Waals surface area contributed by atoms with Crippen LogP contribution < -0.4 is 5.32 Å². The first-order chi connectivity index (χ1) is 10.2. The molecule has 2 N–H and O–H groups in total. The van der Waals surface area contributed by atoms with Gasteiger partial charge in [-0.2, -0.15) is 0 Å². The van der Waals surface area contributed by atoms with Gasteiger partial charge in [0.25, 0.3) is 0 Å². The molecule has 112 valence electrons. The van der Waals surface area contributed by atoms with Crippen LogP contribution >= 0.6 is 0 Å². The number of carbonyl (C=O) groups excluding carboxylic acids is 1. The van der Waals surface area contributed by atoms with Crippen molar-refractivity contribution in [2.45, 2.75) is 25.4 Å². The van der Waals surface area contributed by atoms with Crippen LogP contribution in [0, 0.1) is 17.8 Å². The SMILES string of the molecule is O=C(C1CNc2ccccc2C1)N1CC2CCC(O)C2C1. The van der Waals surface area contributed by atoms with E-state index in [1.165, 1.54) is 5.56 Å². The monoisotopic (exact) mass is 286 g/mol. The zero-order chi connectivity index (χ0) is 14.4. The molecule has 0 aromatic heterocycles. The normalized spacial score (nSPS) is 34.2. The molecule has 0 radical (unpaired) electrons. The number of hydrogen-bond donors (Lipinski definition) is 2. The fourth-order valence-corrected chi connectivity index (χ4v) is 4.29. The van der Waals surface area contributed by atoms with E-state index in [1.54, 1.807) is 0 Å². The van der Waals surface area contributed by atoms with Crippen molar-refractivity contribution in [2.75, 3.05) is 25.0 Å². The Morgan fingerprint density at radius 3 is 2.95 bits per heavy atom. The quantitative estimate of drug-likeness (QED) is 0.822. The first-order valence-corrected chi connectivity index (χ1v) is 8.01. The second-order valence-electron chi connectivity index (χ2n) is 6.75. The molecule has 3 aliphatic rings. The highest BCUT2D eigenvalue weighted by molar-refractivity contribution is 5.81. The van der Waals surface area contributed by atoms with E-state index in [0.29, 0.717) is 11.8 Å². The van der Waals surface area contributed by atoms with Gasteiger partial charge in [-0.1, -0.05) is 18.2 Å². The van der Waals surface area contributed by atoms with Gasteiger partial charge in [0.05, 0.1) is 12.0 Å². The Hall–Kier alpha value is -1.55. The largest absolute Gasteiger partial charge is 0.393 e. The maximum absolute atomic E-state index is 12.8. The molecule has 4 rings (SSSR count). The van der Waals surface area contributed by atoms with Crippen molar-refractivity contribution in [1.29, 1.82) is 0 Å². The van der Waals surface area contributed by atoms with Crippen molar-refractivity contribution in [3.8, 4) is 0 Å². The fourth-order valence-electron chi connectivity index (χ4n) is 4.29. The van der Waals surface area contributed by atoms with Gasteiger partial charge >= 0.3 is 0 Å². The molecule has 4 heteroatoms. The smallest absolute Gasteiger partial charge is 0.227 e. The molecule has 2 aliphatic heterocycles. The van der Waals surface area contributed by atoms with Gasteiger partial charge in [-0.15, -0.1) is 0 Å². The molecule has 21 heavy (non-hydrogen) atoms. The van der Waals surface area contributed by atoms with Crippen molar-refractivity contribution in [3.05, 3.63) is 29.8 Å². The molecule has 1 saturated heterocycles. The number of aliphatic hydroxyl groups excluding tert-OH is 1. The summed E-state index contributed by atoms with van der Waals surface area (Å²) in [6, 6.07) is 8.23. The minimum absolute atomic E-state index is 0.0378. The van der Waals surface area contributed by atoms with E-state index in [-0.39, 0.29) is 17.9 Å². The number of likely N-dealkylation sites (tertiary alicyclic amines) is 1. The standard InChI is InChI=1S/C17H22N2O2/c20-16-6-5-12-9-19(10-14(12)16)17(21)13-7-11-3-1-2-4-15(11)18-8-13/h1-4,12-14,16,18,20H,5-10H2. The molecular weight excluding hydrogens is 264 g/mol. The van der Waals surface area contributed by atoms with Crippen LogP contribution in [0.15, 0.2) is 24.3 Å². The van der Waals surface area contributed by atoms with E-state index in [4.69, 9.17) is 0 Å². The van der Waals surface area contributed by atoms with Gasteiger partial charge in [-0.05, 0) is 36.8 Å². The molecule has 4 atom stereocenters. The van der Waals surface area contributed by atoms with Crippen LogP contribution in [0.2, 0.25) is 0 Å². The lowest BCUT2D eigenvalue weighted by atomic mass is 9.93. The van der Waals surface area contributed by atoms with E-state index < -0.39 is 0 Å². The lowest BCUT2D eigenvalue weighted by Gasteiger charge is -2.29. The van der Waals surface area contributed by atoms with Gasteiger partial charge in [0.15, 0.2) is 0 Å². The van der Waals surface area contributed by atoms with Gasteiger partial charge in [-0.25, -0.2) is 0 Å². The molecular formula is C17H22N2O2. The highest BCUT2D eigenvalue weighted by Gasteiger charge is 2.44. The van der Waals surface area contributed by atoms with Gasteiger partial charge < -0.3 is 15.3 Å². The number of rotatable bonds is 1. The maximum atomic E-state index is 12.8. The number of carbonyl (C=O) groups is 1. The van der Waals surface area contributed by atoms with Gasteiger partial charge in [0, 0.05) is 31.2 Å². The summed E-state index contributed by atoms with van der Waals surface area (Å²) in [5.41, 5.74) is 2.40. The van der Waals surface area contributed by atoms with E-state index >= 15 is 0 Å². The highest BCUT2D eigenvalue weighted by Crippen LogP contribution is 2.39. The average molecular weight is 286 g/mol. The first-order valence-electron chi connectivity index (χ1n) is 8.01. The van der Waals surface area contributed by atoms with Crippen LogP contribution in [0.25, 0.3) is 0 Å². The topological polar surface area (TPSA) is 52.6 Å².